The van der Waals surface area contributed by atoms with Crippen molar-refractivity contribution >= 4 is 5.57 Å². The summed E-state index contributed by atoms with van der Waals surface area (Å²) in [5.41, 5.74) is 6.34. The molecule has 1 aliphatic heterocycles. The molecule has 4 nitrogen and oxygen atoms in total. The minimum absolute atomic E-state index is 0.306. The van der Waals surface area contributed by atoms with Gasteiger partial charge in [-0.3, -0.25) is 4.90 Å². The SMILES string of the molecule is C=C/C1=C\C=C/CN(C2(O)CC3(CC3)C2)C(CC(C)C)CCc2cc(-c3c(C)cccc3C)nc1n2. The molecule has 2 bridgehead atoms. The Labute approximate surface area is 216 Å². The third-order valence-electron chi connectivity index (χ3n) is 8.43. The molecule has 2 saturated carbocycles. The van der Waals surface area contributed by atoms with Crippen LogP contribution >= 0.6 is 0 Å². The number of benzene rings is 1. The molecule has 2 aliphatic carbocycles. The highest BCUT2D eigenvalue weighted by molar-refractivity contribution is 5.74. The maximum absolute atomic E-state index is 11.7. The van der Waals surface area contributed by atoms with Crippen LogP contribution < -0.4 is 0 Å². The first-order chi connectivity index (χ1) is 17.2. The van der Waals surface area contributed by atoms with Crippen LogP contribution in [0.25, 0.3) is 16.8 Å². The Bertz CT molecular complexity index is 1180. The van der Waals surface area contributed by atoms with Crippen molar-refractivity contribution in [3.63, 3.8) is 0 Å². The number of aromatic nitrogens is 2. The van der Waals surface area contributed by atoms with E-state index in [0.29, 0.717) is 17.4 Å². The molecule has 1 unspecified atom stereocenters. The molecule has 3 aliphatic rings. The lowest BCUT2D eigenvalue weighted by Crippen LogP contribution is -2.61. The molecule has 1 N–H and O–H groups in total. The number of allylic oxidation sites excluding steroid dienone is 4. The van der Waals surface area contributed by atoms with Crippen LogP contribution in [0.3, 0.4) is 0 Å². The van der Waals surface area contributed by atoms with Crippen molar-refractivity contribution in [2.45, 2.75) is 84.4 Å². The van der Waals surface area contributed by atoms with Crippen LogP contribution in [0.15, 0.2) is 55.1 Å². The van der Waals surface area contributed by atoms with Gasteiger partial charge in [-0.25, -0.2) is 9.97 Å². The second-order valence-electron chi connectivity index (χ2n) is 11.9. The fourth-order valence-corrected chi connectivity index (χ4v) is 6.48. The van der Waals surface area contributed by atoms with Gasteiger partial charge in [-0.2, -0.15) is 0 Å². The molecule has 0 saturated heterocycles. The van der Waals surface area contributed by atoms with Gasteiger partial charge in [0.05, 0.1) is 5.69 Å². The van der Waals surface area contributed by atoms with E-state index in [0.717, 1.165) is 61.4 Å². The zero-order chi connectivity index (χ0) is 25.5. The highest BCUT2D eigenvalue weighted by Gasteiger charge is 2.63. The van der Waals surface area contributed by atoms with E-state index < -0.39 is 5.72 Å². The van der Waals surface area contributed by atoms with Crippen molar-refractivity contribution in [2.24, 2.45) is 11.3 Å². The Morgan fingerprint density at radius 1 is 1.17 bits per heavy atom. The van der Waals surface area contributed by atoms with Gasteiger partial charge in [-0.15, -0.1) is 0 Å². The third-order valence-corrected chi connectivity index (χ3v) is 8.43. The van der Waals surface area contributed by atoms with E-state index in [1.807, 2.05) is 6.08 Å². The van der Waals surface area contributed by atoms with Crippen LogP contribution in [-0.4, -0.2) is 38.3 Å². The van der Waals surface area contributed by atoms with Gasteiger partial charge in [-0.05, 0) is 87.3 Å². The first-order valence-electron chi connectivity index (χ1n) is 13.7. The molecule has 2 aromatic rings. The first-order valence-corrected chi connectivity index (χ1v) is 13.7. The number of nitrogens with zero attached hydrogens (tertiary/aromatic N) is 3. The Hall–Kier alpha value is -2.56. The summed E-state index contributed by atoms with van der Waals surface area (Å²) in [6.07, 6.45) is 15.5. The lowest BCUT2D eigenvalue weighted by Gasteiger charge is -2.54. The zero-order valence-electron chi connectivity index (χ0n) is 22.4. The highest BCUT2D eigenvalue weighted by Crippen LogP contribution is 2.66. The van der Waals surface area contributed by atoms with Crippen molar-refractivity contribution in [3.05, 3.63) is 77.8 Å². The number of fused-ring (bicyclic) bond motifs is 2. The largest absolute Gasteiger partial charge is 0.376 e. The summed E-state index contributed by atoms with van der Waals surface area (Å²) in [5, 5.41) is 11.7. The van der Waals surface area contributed by atoms with Gasteiger partial charge in [0, 0.05) is 29.4 Å². The summed E-state index contributed by atoms with van der Waals surface area (Å²) >= 11 is 0. The van der Waals surface area contributed by atoms with Crippen LogP contribution in [0.4, 0.5) is 0 Å². The van der Waals surface area contributed by atoms with Gasteiger partial charge < -0.3 is 5.11 Å². The Balaban J connectivity index is 1.55. The number of hydrogen-bond donors (Lipinski definition) is 1. The smallest absolute Gasteiger partial charge is 0.159 e. The molecule has 0 amide bonds. The van der Waals surface area contributed by atoms with Gasteiger partial charge in [0.15, 0.2) is 5.82 Å². The molecule has 36 heavy (non-hydrogen) atoms. The number of aliphatic hydroxyl groups is 1. The van der Waals surface area contributed by atoms with Gasteiger partial charge in [-0.1, -0.05) is 62.9 Å². The van der Waals surface area contributed by atoms with Crippen LogP contribution in [0.5, 0.6) is 0 Å². The molecular weight excluding hydrogens is 442 g/mol. The summed E-state index contributed by atoms with van der Waals surface area (Å²) in [4.78, 5) is 12.4. The monoisotopic (exact) mass is 483 g/mol. The maximum Gasteiger partial charge on any atom is 0.159 e. The van der Waals surface area contributed by atoms with Gasteiger partial charge in [0.2, 0.25) is 0 Å². The standard InChI is InChI=1S/C32H41N3O/c1-6-25-12-7-8-17-35(32(36)20-31(21-32)15-16-31)27(18-22(2)3)14-13-26-19-28(34-30(25)33-26)29-23(4)10-9-11-24(29)5/h6-12,19,22,27,36H,1,13-18,20-21H2,2-5H3/b8-7-,25-12+. The number of aryl methyl sites for hydroxylation is 3. The van der Waals surface area contributed by atoms with E-state index in [1.54, 1.807) is 0 Å². The fourth-order valence-electron chi connectivity index (χ4n) is 6.48. The lowest BCUT2D eigenvalue weighted by atomic mass is 9.71. The molecule has 2 fully saturated rings. The van der Waals surface area contributed by atoms with Gasteiger partial charge in [0.25, 0.3) is 0 Å². The second-order valence-corrected chi connectivity index (χ2v) is 11.9. The zero-order valence-corrected chi connectivity index (χ0v) is 22.4. The predicted molar refractivity (Wildman–Crippen MR) is 148 cm³/mol. The van der Waals surface area contributed by atoms with E-state index in [2.05, 4.69) is 81.7 Å². The topological polar surface area (TPSA) is 49.2 Å². The molecule has 0 radical (unpaired) electrons. The average molecular weight is 484 g/mol. The minimum Gasteiger partial charge on any atom is -0.376 e. The van der Waals surface area contributed by atoms with Crippen LogP contribution in [0, 0.1) is 25.2 Å². The molecule has 1 spiro atoms. The van der Waals surface area contributed by atoms with Crippen molar-refractivity contribution in [3.8, 4) is 11.3 Å². The fraction of sp³-hybridized carbons (Fsp3) is 0.500. The van der Waals surface area contributed by atoms with Gasteiger partial charge in [0.1, 0.15) is 5.72 Å². The quantitative estimate of drug-likeness (QED) is 0.507. The lowest BCUT2D eigenvalue weighted by molar-refractivity contribution is -0.209. The highest BCUT2D eigenvalue weighted by atomic mass is 16.3. The molecule has 5 rings (SSSR count). The number of hydrogen-bond acceptors (Lipinski definition) is 4. The molecule has 1 atom stereocenters. The van der Waals surface area contributed by atoms with Crippen molar-refractivity contribution in [2.75, 3.05) is 6.54 Å². The summed E-state index contributed by atoms with van der Waals surface area (Å²) in [6, 6.07) is 8.88. The molecular formula is C32H41N3O. The summed E-state index contributed by atoms with van der Waals surface area (Å²) in [6.45, 7) is 13.7. The number of rotatable bonds is 5. The third kappa shape index (κ3) is 4.99. The summed E-state index contributed by atoms with van der Waals surface area (Å²) in [7, 11) is 0. The summed E-state index contributed by atoms with van der Waals surface area (Å²) < 4.78 is 0. The average Bonchev–Trinajstić information content (AvgIpc) is 3.58. The molecule has 4 heteroatoms. The minimum atomic E-state index is -0.685. The molecule has 1 aromatic heterocycles. The predicted octanol–water partition coefficient (Wildman–Crippen LogP) is 6.81. The molecule has 1 aromatic carbocycles. The van der Waals surface area contributed by atoms with E-state index in [1.165, 1.54) is 29.5 Å². The summed E-state index contributed by atoms with van der Waals surface area (Å²) in [5.74, 6) is 1.29. The van der Waals surface area contributed by atoms with Crippen molar-refractivity contribution < 1.29 is 5.11 Å². The van der Waals surface area contributed by atoms with Crippen LogP contribution in [-0.2, 0) is 6.42 Å². The molecule has 190 valence electrons. The van der Waals surface area contributed by atoms with E-state index in [9.17, 15) is 5.11 Å². The van der Waals surface area contributed by atoms with Crippen molar-refractivity contribution in [1.82, 2.24) is 14.9 Å². The van der Waals surface area contributed by atoms with E-state index in [-0.39, 0.29) is 0 Å². The van der Waals surface area contributed by atoms with Crippen LogP contribution in [0.1, 0.15) is 75.0 Å². The van der Waals surface area contributed by atoms with Gasteiger partial charge >= 0.3 is 0 Å². The second kappa shape index (κ2) is 9.72. The van der Waals surface area contributed by atoms with E-state index in [4.69, 9.17) is 9.97 Å². The molecule has 2 heterocycles. The Morgan fingerprint density at radius 2 is 1.89 bits per heavy atom. The van der Waals surface area contributed by atoms with Crippen LogP contribution in [0.2, 0.25) is 0 Å². The Morgan fingerprint density at radius 3 is 2.53 bits per heavy atom. The van der Waals surface area contributed by atoms with Crippen molar-refractivity contribution in [1.29, 1.82) is 0 Å². The Kier molecular flexibility index (Phi) is 6.78. The van der Waals surface area contributed by atoms with E-state index >= 15 is 0 Å². The first kappa shape index (κ1) is 25.1. The maximum atomic E-state index is 11.7. The normalized spacial score (nSPS) is 25.3.